The number of hydrogen-bond donors (Lipinski definition) is 2. The van der Waals surface area contributed by atoms with E-state index in [0.717, 1.165) is 17.2 Å². The quantitative estimate of drug-likeness (QED) is 0.0908. The molecule has 0 aromatic heterocycles. The summed E-state index contributed by atoms with van der Waals surface area (Å²) in [6.07, 6.45) is 0. The van der Waals surface area contributed by atoms with Crippen molar-refractivity contribution < 1.29 is 36.7 Å². The molecule has 5 aromatic carbocycles. The van der Waals surface area contributed by atoms with Gasteiger partial charge in [-0.25, -0.2) is 13.2 Å². The zero-order chi connectivity index (χ0) is 29.6. The number of halogens is 5. The van der Waals surface area contributed by atoms with Gasteiger partial charge in [0.1, 0.15) is 0 Å². The van der Waals surface area contributed by atoms with Gasteiger partial charge in [-0.05, 0) is 21.2 Å². The van der Waals surface area contributed by atoms with Crippen LogP contribution in [0.4, 0.5) is 22.0 Å². The Labute approximate surface area is 238 Å². The van der Waals surface area contributed by atoms with Crippen LogP contribution in [0.5, 0.6) is 5.75 Å². The Morgan fingerprint density at radius 1 is 0.415 bits per heavy atom. The number of hydrogen-bond acceptors (Lipinski definition) is 3. The summed E-state index contributed by atoms with van der Waals surface area (Å²) < 4.78 is 66.3. The largest absolute Gasteiger partial charge is 0.707 e. The summed E-state index contributed by atoms with van der Waals surface area (Å²) in [4.78, 5) is 0. The molecule has 0 radical (unpaired) electrons. The minimum absolute atomic E-state index is 0.777. The molecule has 0 fully saturated rings. The second-order valence-electron chi connectivity index (χ2n) is 8.06. The summed E-state index contributed by atoms with van der Waals surface area (Å²) >= 11 is 0. The number of rotatable bonds is 6. The van der Waals surface area contributed by atoms with E-state index in [4.69, 9.17) is 10.0 Å². The Morgan fingerprint density at radius 3 is 0.902 bits per heavy atom. The van der Waals surface area contributed by atoms with E-state index in [1.165, 1.54) is 21.2 Å². The molecule has 210 valence electrons. The lowest BCUT2D eigenvalue weighted by Gasteiger charge is -2.08. The van der Waals surface area contributed by atoms with Gasteiger partial charge in [0.2, 0.25) is 29.1 Å². The van der Waals surface area contributed by atoms with Crippen LogP contribution in [0.15, 0.2) is 121 Å². The molecule has 0 bridgehead atoms. The molecule has 41 heavy (non-hydrogen) atoms. The molecule has 3 nitrogen and oxygen atoms in total. The third-order valence-electron chi connectivity index (χ3n) is 5.07. The van der Waals surface area contributed by atoms with E-state index < -0.39 is 42.2 Å². The first kappa shape index (κ1) is 31.9. The summed E-state index contributed by atoms with van der Waals surface area (Å²) in [7, 11) is -1.14. The lowest BCUT2D eigenvalue weighted by Crippen LogP contribution is -2.23. The van der Waals surface area contributed by atoms with Crippen molar-refractivity contribution in [2.24, 2.45) is 0 Å². The summed E-state index contributed by atoms with van der Waals surface area (Å²) in [5, 5.41) is 21.9. The Morgan fingerprint density at radius 2 is 0.659 bits per heavy atom. The van der Waals surface area contributed by atoms with Crippen molar-refractivity contribution in [2.75, 3.05) is 0 Å². The van der Waals surface area contributed by atoms with Crippen molar-refractivity contribution in [3.8, 4) is 5.75 Å². The van der Waals surface area contributed by atoms with Gasteiger partial charge in [-0.1, -0.05) is 138 Å². The molecule has 0 spiro atoms. The van der Waals surface area contributed by atoms with Crippen LogP contribution in [0.2, 0.25) is 0 Å². The topological polar surface area (TPSA) is 49.7 Å². The van der Waals surface area contributed by atoms with Gasteiger partial charge in [0.15, 0.2) is 5.75 Å². The van der Waals surface area contributed by atoms with Gasteiger partial charge in [0.25, 0.3) is 0 Å². The summed E-state index contributed by atoms with van der Waals surface area (Å²) in [6.45, 7) is 0. The highest BCUT2D eigenvalue weighted by atomic mass is 31.1. The number of benzene rings is 5. The zero-order valence-corrected chi connectivity index (χ0v) is 23.3. The van der Waals surface area contributed by atoms with Crippen LogP contribution in [-0.2, 0) is 0 Å². The third kappa shape index (κ3) is 10.4. The normalized spacial score (nSPS) is 10.0. The first-order chi connectivity index (χ1) is 19.8. The molecule has 0 unspecified atom stereocenters. The van der Waals surface area contributed by atoms with Gasteiger partial charge >= 0.3 is 7.32 Å². The molecule has 0 heterocycles. The lowest BCUT2D eigenvalue weighted by atomic mass is 10.2. The van der Waals surface area contributed by atoms with Crippen molar-refractivity contribution in [1.29, 1.82) is 0 Å². The first-order valence-electron chi connectivity index (χ1n) is 12.0. The molecule has 0 atom stereocenters. The molecular formula is C30H24BF5O3P2. The Hall–Kier alpha value is -3.61. The fourth-order valence-electron chi connectivity index (χ4n) is 3.21. The average Bonchev–Trinajstić information content (AvgIpc) is 3.00. The van der Waals surface area contributed by atoms with Crippen molar-refractivity contribution in [3.63, 3.8) is 0 Å². The average molecular weight is 600 g/mol. The Bertz CT molecular complexity index is 1300. The van der Waals surface area contributed by atoms with Gasteiger partial charge < -0.3 is 14.7 Å². The van der Waals surface area contributed by atoms with E-state index in [-0.39, 0.29) is 0 Å². The van der Waals surface area contributed by atoms with Crippen LogP contribution in [0.1, 0.15) is 0 Å². The Kier molecular flexibility index (Phi) is 12.9. The monoisotopic (exact) mass is 600 g/mol. The molecule has 2 N–H and O–H groups in total. The van der Waals surface area contributed by atoms with Crippen LogP contribution in [0.25, 0.3) is 0 Å². The SMILES string of the molecule is OB(O)Oc1c(F)c(F)c(F)c(F)c1F.c1ccc(Pc2ccccc2)cc1.c1ccc(Pc2ccccc2)cc1. The standard InChI is InChI=1S/2C12H11P.C6H2BF5O3/c2*1-3-7-11(8-4-1)13-12-9-5-2-6-10-12;8-1-2(9)4(11)6(15-7(13)14)5(12)3(1)10/h2*1-10,13H;13-14H. The lowest BCUT2D eigenvalue weighted by molar-refractivity contribution is 0.263. The maximum Gasteiger partial charge on any atom is 0.707 e. The van der Waals surface area contributed by atoms with E-state index in [1.807, 2.05) is 0 Å². The molecule has 5 aromatic rings. The maximum absolute atomic E-state index is 12.7. The van der Waals surface area contributed by atoms with Crippen LogP contribution in [0, 0.1) is 29.1 Å². The molecule has 5 rings (SSSR count). The highest BCUT2D eigenvalue weighted by Gasteiger charge is 2.29. The van der Waals surface area contributed by atoms with Crippen LogP contribution in [-0.4, -0.2) is 17.4 Å². The molecule has 0 amide bonds. The van der Waals surface area contributed by atoms with Crippen LogP contribution in [0.3, 0.4) is 0 Å². The predicted octanol–water partition coefficient (Wildman–Crippen LogP) is 5.36. The van der Waals surface area contributed by atoms with Gasteiger partial charge in [-0.15, -0.1) is 0 Å². The highest BCUT2D eigenvalue weighted by molar-refractivity contribution is 7.55. The van der Waals surface area contributed by atoms with Crippen molar-refractivity contribution in [2.45, 2.75) is 0 Å². The fourth-order valence-corrected chi connectivity index (χ4v) is 5.32. The van der Waals surface area contributed by atoms with E-state index in [9.17, 15) is 22.0 Å². The van der Waals surface area contributed by atoms with Gasteiger partial charge in [-0.3, -0.25) is 0 Å². The van der Waals surface area contributed by atoms with Crippen molar-refractivity contribution in [3.05, 3.63) is 150 Å². The molecule has 0 aliphatic heterocycles. The van der Waals surface area contributed by atoms with Crippen molar-refractivity contribution >= 4 is 45.7 Å². The van der Waals surface area contributed by atoms with Crippen LogP contribution >= 0.6 is 17.2 Å². The molecule has 0 saturated carbocycles. The van der Waals surface area contributed by atoms with Gasteiger partial charge in [-0.2, -0.15) is 8.78 Å². The van der Waals surface area contributed by atoms with Crippen LogP contribution < -0.4 is 25.9 Å². The first-order valence-corrected chi connectivity index (χ1v) is 14.0. The molecule has 0 saturated heterocycles. The van der Waals surface area contributed by atoms with E-state index >= 15 is 0 Å². The van der Waals surface area contributed by atoms with Gasteiger partial charge in [0.05, 0.1) is 0 Å². The molecule has 11 heteroatoms. The zero-order valence-electron chi connectivity index (χ0n) is 21.3. The van der Waals surface area contributed by atoms with E-state index in [0.29, 0.717) is 0 Å². The van der Waals surface area contributed by atoms with Crippen molar-refractivity contribution in [1.82, 2.24) is 0 Å². The molecule has 0 aliphatic carbocycles. The second-order valence-corrected chi connectivity index (χ2v) is 10.9. The minimum atomic E-state index is -2.70. The van der Waals surface area contributed by atoms with E-state index in [1.54, 1.807) is 0 Å². The van der Waals surface area contributed by atoms with Gasteiger partial charge in [0, 0.05) is 0 Å². The molecule has 0 aliphatic rings. The summed E-state index contributed by atoms with van der Waals surface area (Å²) in [6, 6.07) is 42.3. The summed E-state index contributed by atoms with van der Waals surface area (Å²) in [5.74, 6) is -13.1. The second kappa shape index (κ2) is 16.6. The van der Waals surface area contributed by atoms with E-state index in [2.05, 4.69) is 126 Å². The Balaban J connectivity index is 0.000000170. The molecular weight excluding hydrogens is 576 g/mol. The predicted molar refractivity (Wildman–Crippen MR) is 158 cm³/mol. The fraction of sp³-hybridized carbons (Fsp3) is 0. The maximum atomic E-state index is 12.7. The summed E-state index contributed by atoms with van der Waals surface area (Å²) in [5.41, 5.74) is 0. The smallest absolute Gasteiger partial charge is 0.507 e. The highest BCUT2D eigenvalue weighted by Crippen LogP contribution is 2.29. The minimum Gasteiger partial charge on any atom is -0.507 e. The third-order valence-corrected chi connectivity index (χ3v) is 7.55.